The van der Waals surface area contributed by atoms with Crippen LogP contribution in [0.1, 0.15) is 22.8 Å². The van der Waals surface area contributed by atoms with Gasteiger partial charge in [0.05, 0.1) is 23.0 Å². The van der Waals surface area contributed by atoms with Crippen molar-refractivity contribution >= 4 is 21.4 Å². The quantitative estimate of drug-likeness (QED) is 0.257. The van der Waals surface area contributed by atoms with Gasteiger partial charge in [0, 0.05) is 24.7 Å². The van der Waals surface area contributed by atoms with E-state index >= 15 is 0 Å². The van der Waals surface area contributed by atoms with Gasteiger partial charge in [-0.2, -0.15) is 0 Å². The van der Waals surface area contributed by atoms with Crippen LogP contribution >= 0.6 is 11.6 Å². The molecule has 4 aromatic carbocycles. The molecule has 0 fully saturated rings. The van der Waals surface area contributed by atoms with Crippen molar-refractivity contribution in [3.63, 3.8) is 0 Å². The number of ether oxygens (including phenoxy) is 1. The van der Waals surface area contributed by atoms with Gasteiger partial charge in [0.2, 0.25) is 9.84 Å². The lowest BCUT2D eigenvalue weighted by Crippen LogP contribution is -2.30. The van der Waals surface area contributed by atoms with E-state index in [1.807, 2.05) is 36.4 Å². The van der Waals surface area contributed by atoms with Gasteiger partial charge < -0.3 is 9.84 Å². The Hall–Kier alpha value is -3.16. The summed E-state index contributed by atoms with van der Waals surface area (Å²) in [5.74, 6) is 0.493. The summed E-state index contributed by atoms with van der Waals surface area (Å²) in [6, 6.07) is 30.9. The van der Waals surface area contributed by atoms with Gasteiger partial charge in [-0.1, -0.05) is 72.3 Å². The molecule has 0 aliphatic carbocycles. The highest BCUT2D eigenvalue weighted by Gasteiger charge is 2.19. The zero-order valence-electron chi connectivity index (χ0n) is 20.6. The number of sulfone groups is 1. The maximum atomic E-state index is 13.3. The van der Waals surface area contributed by atoms with Crippen LogP contribution in [0.5, 0.6) is 5.75 Å². The maximum Gasteiger partial charge on any atom is 0.206 e. The standard InChI is InChI=1S/C30H30ClNO4S/c1-36-27-13-7-15-29(20-27)37(34,35)28-14-5-10-23(18-28)16-17-32(21-24-8-3-2-4-9-24)22-30(33)25-11-6-12-26(31)19-25/h2-15,18-20,30,33H,16-17,21-22H2,1H3/t30-/m0/s1. The summed E-state index contributed by atoms with van der Waals surface area (Å²) in [6.07, 6.45) is -0.0847. The molecule has 37 heavy (non-hydrogen) atoms. The average molecular weight is 536 g/mol. The molecule has 4 rings (SSSR count). The molecule has 0 aliphatic heterocycles. The first kappa shape index (κ1) is 26.9. The van der Waals surface area contributed by atoms with E-state index in [9.17, 15) is 13.5 Å². The molecule has 5 nitrogen and oxygen atoms in total. The molecule has 0 radical (unpaired) electrons. The second kappa shape index (κ2) is 12.4. The summed E-state index contributed by atoms with van der Waals surface area (Å²) in [6.45, 7) is 1.70. The van der Waals surface area contributed by atoms with Crippen LogP contribution in [0.3, 0.4) is 0 Å². The molecule has 1 N–H and O–H groups in total. The highest BCUT2D eigenvalue weighted by molar-refractivity contribution is 7.91. The number of aliphatic hydroxyl groups is 1. The second-order valence-corrected chi connectivity index (χ2v) is 11.3. The summed E-state index contributed by atoms with van der Waals surface area (Å²) in [7, 11) is -2.18. The van der Waals surface area contributed by atoms with E-state index in [4.69, 9.17) is 16.3 Å². The maximum absolute atomic E-state index is 13.3. The van der Waals surface area contributed by atoms with E-state index < -0.39 is 15.9 Å². The molecule has 0 aromatic heterocycles. The molecule has 1 atom stereocenters. The Morgan fingerprint density at radius 2 is 1.51 bits per heavy atom. The predicted octanol–water partition coefficient (Wildman–Crippen LogP) is 5.96. The van der Waals surface area contributed by atoms with Crippen molar-refractivity contribution < 1.29 is 18.3 Å². The van der Waals surface area contributed by atoms with Gasteiger partial charge in [0.25, 0.3) is 0 Å². The van der Waals surface area contributed by atoms with Gasteiger partial charge in [-0.15, -0.1) is 0 Å². The smallest absolute Gasteiger partial charge is 0.206 e. The van der Waals surface area contributed by atoms with Crippen molar-refractivity contribution in [3.05, 3.63) is 125 Å². The molecule has 0 bridgehead atoms. The normalized spacial score (nSPS) is 12.4. The molecule has 0 saturated carbocycles. The molecule has 0 amide bonds. The van der Waals surface area contributed by atoms with Crippen LogP contribution in [0, 0.1) is 0 Å². The molecule has 0 heterocycles. The fraction of sp³-hybridized carbons (Fsp3) is 0.200. The van der Waals surface area contributed by atoms with Crippen LogP contribution in [0.2, 0.25) is 5.02 Å². The lowest BCUT2D eigenvalue weighted by atomic mass is 10.1. The van der Waals surface area contributed by atoms with Gasteiger partial charge in [-0.3, -0.25) is 4.90 Å². The highest BCUT2D eigenvalue weighted by atomic mass is 35.5. The highest BCUT2D eigenvalue weighted by Crippen LogP contribution is 2.25. The van der Waals surface area contributed by atoms with Crippen molar-refractivity contribution in [2.24, 2.45) is 0 Å². The molecule has 0 spiro atoms. The van der Waals surface area contributed by atoms with Crippen LogP contribution in [0.25, 0.3) is 0 Å². The summed E-state index contributed by atoms with van der Waals surface area (Å²) in [5.41, 5.74) is 2.80. The summed E-state index contributed by atoms with van der Waals surface area (Å²) < 4.78 is 31.7. The lowest BCUT2D eigenvalue weighted by Gasteiger charge is -2.26. The van der Waals surface area contributed by atoms with Crippen molar-refractivity contribution in [1.29, 1.82) is 0 Å². The van der Waals surface area contributed by atoms with Crippen LogP contribution in [0.4, 0.5) is 0 Å². The Labute approximate surface area is 223 Å². The van der Waals surface area contributed by atoms with E-state index in [0.29, 0.717) is 36.8 Å². The summed E-state index contributed by atoms with van der Waals surface area (Å²) in [4.78, 5) is 2.61. The second-order valence-electron chi connectivity index (χ2n) is 8.87. The van der Waals surface area contributed by atoms with Gasteiger partial charge in [0.1, 0.15) is 5.75 Å². The third-order valence-corrected chi connectivity index (χ3v) is 8.17. The minimum Gasteiger partial charge on any atom is -0.497 e. The first-order valence-corrected chi connectivity index (χ1v) is 13.9. The van der Waals surface area contributed by atoms with Crippen LogP contribution in [-0.2, 0) is 22.8 Å². The lowest BCUT2D eigenvalue weighted by molar-refractivity contribution is 0.109. The largest absolute Gasteiger partial charge is 0.497 e. The van der Waals surface area contributed by atoms with E-state index in [1.54, 1.807) is 48.5 Å². The number of halogens is 1. The molecular formula is C30H30ClNO4S. The fourth-order valence-corrected chi connectivity index (χ4v) is 5.76. The van der Waals surface area contributed by atoms with Crippen molar-refractivity contribution in [2.75, 3.05) is 20.2 Å². The van der Waals surface area contributed by atoms with E-state index in [2.05, 4.69) is 17.0 Å². The Morgan fingerprint density at radius 3 is 2.24 bits per heavy atom. The molecule has 4 aromatic rings. The number of nitrogens with zero attached hydrogens (tertiary/aromatic N) is 1. The average Bonchev–Trinajstić information content (AvgIpc) is 2.92. The topological polar surface area (TPSA) is 66.8 Å². The number of rotatable bonds is 11. The first-order valence-electron chi connectivity index (χ1n) is 12.0. The Morgan fingerprint density at radius 1 is 0.838 bits per heavy atom. The van der Waals surface area contributed by atoms with Gasteiger partial charge >= 0.3 is 0 Å². The zero-order chi connectivity index (χ0) is 26.3. The molecule has 0 unspecified atom stereocenters. The molecule has 192 valence electrons. The predicted molar refractivity (Wildman–Crippen MR) is 147 cm³/mol. The number of methoxy groups -OCH3 is 1. The van der Waals surface area contributed by atoms with Gasteiger partial charge in [-0.25, -0.2) is 8.42 Å². The summed E-state index contributed by atoms with van der Waals surface area (Å²) in [5, 5.41) is 11.5. The monoisotopic (exact) mass is 535 g/mol. The third kappa shape index (κ3) is 7.21. The first-order chi connectivity index (χ1) is 17.8. The van der Waals surface area contributed by atoms with Crippen LogP contribution in [0.15, 0.2) is 113 Å². The number of hydrogen-bond acceptors (Lipinski definition) is 5. The number of hydrogen-bond donors (Lipinski definition) is 1. The van der Waals surface area contributed by atoms with E-state index in [-0.39, 0.29) is 9.79 Å². The van der Waals surface area contributed by atoms with E-state index in [0.717, 1.165) is 16.7 Å². The van der Waals surface area contributed by atoms with E-state index in [1.165, 1.54) is 13.2 Å². The fourth-order valence-electron chi connectivity index (χ4n) is 4.20. The molecule has 7 heteroatoms. The molecular weight excluding hydrogens is 506 g/mol. The third-order valence-electron chi connectivity index (χ3n) is 6.19. The van der Waals surface area contributed by atoms with Gasteiger partial charge in [0.15, 0.2) is 0 Å². The summed E-state index contributed by atoms with van der Waals surface area (Å²) >= 11 is 6.13. The number of benzene rings is 4. The van der Waals surface area contributed by atoms with Crippen molar-refractivity contribution in [2.45, 2.75) is 28.9 Å². The molecule has 0 aliphatic rings. The van der Waals surface area contributed by atoms with Crippen LogP contribution in [-0.4, -0.2) is 38.6 Å². The number of aliphatic hydroxyl groups excluding tert-OH is 1. The van der Waals surface area contributed by atoms with Gasteiger partial charge in [-0.05, 0) is 65.6 Å². The van der Waals surface area contributed by atoms with Crippen LogP contribution < -0.4 is 4.74 Å². The Bertz CT molecular complexity index is 1430. The van der Waals surface area contributed by atoms with Crippen molar-refractivity contribution in [3.8, 4) is 5.75 Å². The minimum atomic E-state index is -3.69. The Kier molecular flexibility index (Phi) is 9.00. The molecule has 0 saturated heterocycles. The zero-order valence-corrected chi connectivity index (χ0v) is 22.2. The Balaban J connectivity index is 1.52. The SMILES string of the molecule is COc1cccc(S(=O)(=O)c2cccc(CCN(Cc3ccccc3)C[C@H](O)c3cccc(Cl)c3)c2)c1. The minimum absolute atomic E-state index is 0.194. The van der Waals surface area contributed by atoms with Crippen molar-refractivity contribution in [1.82, 2.24) is 4.90 Å².